The van der Waals surface area contributed by atoms with E-state index in [9.17, 15) is 8.42 Å². The predicted octanol–water partition coefficient (Wildman–Crippen LogP) is 2.88. The van der Waals surface area contributed by atoms with Crippen LogP contribution in [0.5, 0.6) is 0 Å². The molecule has 0 aliphatic carbocycles. The Morgan fingerprint density at radius 2 is 1.70 bits per heavy atom. The summed E-state index contributed by atoms with van der Waals surface area (Å²) in [6.45, 7) is 0. The minimum absolute atomic E-state index is 0.135. The van der Waals surface area contributed by atoms with Crippen LogP contribution in [0.25, 0.3) is 0 Å². The van der Waals surface area contributed by atoms with Crippen LogP contribution in [0.4, 0.5) is 5.69 Å². The Bertz CT molecular complexity index is 760. The van der Waals surface area contributed by atoms with Crippen molar-refractivity contribution in [1.82, 2.24) is 0 Å². The number of hydrogen-bond acceptors (Lipinski definition) is 3. The lowest BCUT2D eigenvalue weighted by atomic mass is 10.2. The van der Waals surface area contributed by atoms with E-state index in [2.05, 4.69) is 20.7 Å². The molecule has 0 atom stereocenters. The molecule has 104 valence electrons. The lowest BCUT2D eigenvalue weighted by molar-refractivity contribution is 0.601. The van der Waals surface area contributed by atoms with Gasteiger partial charge in [-0.25, -0.2) is 8.42 Å². The van der Waals surface area contributed by atoms with E-state index in [0.29, 0.717) is 15.7 Å². The van der Waals surface area contributed by atoms with Crippen molar-refractivity contribution in [1.29, 1.82) is 0 Å². The van der Waals surface area contributed by atoms with Crippen LogP contribution in [0.1, 0.15) is 5.56 Å². The summed E-state index contributed by atoms with van der Waals surface area (Å²) in [6, 6.07) is 13.3. The fourth-order valence-electron chi connectivity index (χ4n) is 1.65. The van der Waals surface area contributed by atoms with E-state index in [1.54, 1.807) is 42.5 Å². The van der Waals surface area contributed by atoms with Gasteiger partial charge in [0.05, 0.1) is 5.69 Å². The first kappa shape index (κ1) is 15.0. The fourth-order valence-corrected chi connectivity index (χ4v) is 3.91. The normalized spacial score (nSPS) is 11.1. The molecule has 0 fully saturated rings. The number of hydrogen-bond donors (Lipinski definition) is 2. The summed E-state index contributed by atoms with van der Waals surface area (Å²) in [6.07, 6.45) is 0. The highest BCUT2D eigenvalue weighted by Gasteiger charge is 2.18. The van der Waals surface area contributed by atoms with Crippen LogP contribution in [0.15, 0.2) is 57.9 Å². The molecular weight excluding hydrogens is 360 g/mol. The monoisotopic (exact) mass is 370 g/mol. The van der Waals surface area contributed by atoms with Gasteiger partial charge in [-0.05, 0) is 40.2 Å². The molecule has 0 aromatic heterocycles. The highest BCUT2D eigenvalue weighted by atomic mass is 79.9. The molecule has 0 aliphatic heterocycles. The Balaban J connectivity index is 2.45. The SMILES string of the molecule is NC(=S)c1ccccc1NS(=O)(=O)c1ccccc1Br. The van der Waals surface area contributed by atoms with Crippen LogP contribution in [-0.4, -0.2) is 13.4 Å². The topological polar surface area (TPSA) is 72.2 Å². The highest BCUT2D eigenvalue weighted by molar-refractivity contribution is 9.10. The average Bonchev–Trinajstić information content (AvgIpc) is 2.39. The number of halogens is 1. The lowest BCUT2D eigenvalue weighted by Crippen LogP contribution is -2.18. The molecule has 0 saturated heterocycles. The summed E-state index contributed by atoms with van der Waals surface area (Å²) in [7, 11) is -3.71. The minimum Gasteiger partial charge on any atom is -0.389 e. The fraction of sp³-hybridized carbons (Fsp3) is 0. The molecule has 2 aromatic rings. The third-order valence-electron chi connectivity index (χ3n) is 2.56. The van der Waals surface area contributed by atoms with Crippen LogP contribution in [-0.2, 0) is 10.0 Å². The van der Waals surface area contributed by atoms with E-state index >= 15 is 0 Å². The lowest BCUT2D eigenvalue weighted by Gasteiger charge is -2.12. The van der Waals surface area contributed by atoms with Gasteiger partial charge in [0.25, 0.3) is 10.0 Å². The first-order valence-corrected chi connectivity index (χ1v) is 8.26. The smallest absolute Gasteiger partial charge is 0.263 e. The van der Waals surface area contributed by atoms with E-state index in [4.69, 9.17) is 18.0 Å². The summed E-state index contributed by atoms with van der Waals surface area (Å²) in [5.41, 5.74) is 6.43. The van der Waals surface area contributed by atoms with E-state index in [1.165, 1.54) is 6.07 Å². The van der Waals surface area contributed by atoms with Crippen molar-refractivity contribution in [2.75, 3.05) is 4.72 Å². The quantitative estimate of drug-likeness (QED) is 0.811. The maximum atomic E-state index is 12.4. The van der Waals surface area contributed by atoms with Crippen LogP contribution < -0.4 is 10.5 Å². The second kappa shape index (κ2) is 5.90. The molecule has 20 heavy (non-hydrogen) atoms. The molecular formula is C13H11BrN2O2S2. The molecule has 0 aliphatic rings. The molecule has 0 amide bonds. The Morgan fingerprint density at radius 1 is 1.10 bits per heavy atom. The number of thiocarbonyl (C=S) groups is 1. The third-order valence-corrected chi connectivity index (χ3v) is 5.16. The van der Waals surface area contributed by atoms with Crippen molar-refractivity contribution in [3.8, 4) is 0 Å². The molecule has 3 N–H and O–H groups in total. The number of rotatable bonds is 4. The van der Waals surface area contributed by atoms with E-state index in [0.717, 1.165) is 0 Å². The van der Waals surface area contributed by atoms with Gasteiger partial charge in [0.1, 0.15) is 9.88 Å². The molecule has 0 spiro atoms. The van der Waals surface area contributed by atoms with Crippen LogP contribution >= 0.6 is 28.1 Å². The molecule has 0 unspecified atom stereocenters. The standard InChI is InChI=1S/C13H11BrN2O2S2/c14-10-6-2-4-8-12(10)20(17,18)16-11-7-3-1-5-9(11)13(15)19/h1-8,16H,(H2,15,19). The van der Waals surface area contributed by atoms with Crippen molar-refractivity contribution in [3.63, 3.8) is 0 Å². The van der Waals surface area contributed by atoms with Gasteiger partial charge in [-0.3, -0.25) is 4.72 Å². The predicted molar refractivity (Wildman–Crippen MR) is 87.3 cm³/mol. The molecule has 2 aromatic carbocycles. The van der Waals surface area contributed by atoms with Gasteiger partial charge in [-0.2, -0.15) is 0 Å². The maximum absolute atomic E-state index is 12.4. The van der Waals surface area contributed by atoms with Crippen molar-refractivity contribution in [3.05, 3.63) is 58.6 Å². The molecule has 0 radical (unpaired) electrons. The van der Waals surface area contributed by atoms with Crippen molar-refractivity contribution < 1.29 is 8.42 Å². The number of anilines is 1. The number of nitrogens with one attached hydrogen (secondary N) is 1. The second-order valence-corrected chi connectivity index (χ2v) is 6.89. The number of nitrogens with two attached hydrogens (primary N) is 1. The number of sulfonamides is 1. The molecule has 0 heterocycles. The summed E-state index contributed by atoms with van der Waals surface area (Å²) < 4.78 is 27.7. The Labute approximate surface area is 131 Å². The largest absolute Gasteiger partial charge is 0.389 e. The number of benzene rings is 2. The van der Waals surface area contributed by atoms with Gasteiger partial charge in [-0.15, -0.1) is 0 Å². The van der Waals surface area contributed by atoms with Gasteiger partial charge in [-0.1, -0.05) is 36.5 Å². The zero-order chi connectivity index (χ0) is 14.8. The van der Waals surface area contributed by atoms with E-state index < -0.39 is 10.0 Å². The number of para-hydroxylation sites is 1. The van der Waals surface area contributed by atoms with Crippen molar-refractivity contribution >= 4 is 48.8 Å². The zero-order valence-corrected chi connectivity index (χ0v) is 13.4. The Hall–Kier alpha value is -1.44. The Kier molecular flexibility index (Phi) is 4.42. The van der Waals surface area contributed by atoms with Gasteiger partial charge in [0.2, 0.25) is 0 Å². The third kappa shape index (κ3) is 3.17. The van der Waals surface area contributed by atoms with Crippen LogP contribution in [0.3, 0.4) is 0 Å². The minimum atomic E-state index is -3.71. The highest BCUT2D eigenvalue weighted by Crippen LogP contribution is 2.25. The molecule has 0 bridgehead atoms. The first-order chi connectivity index (χ1) is 9.42. The summed E-state index contributed by atoms with van der Waals surface area (Å²) in [5.74, 6) is 0. The Morgan fingerprint density at radius 3 is 2.35 bits per heavy atom. The summed E-state index contributed by atoms with van der Waals surface area (Å²) in [4.78, 5) is 0.285. The second-order valence-electron chi connectivity index (χ2n) is 3.95. The average molecular weight is 371 g/mol. The van der Waals surface area contributed by atoms with Gasteiger partial charge in [0.15, 0.2) is 0 Å². The molecule has 2 rings (SSSR count). The van der Waals surface area contributed by atoms with Crippen molar-refractivity contribution in [2.24, 2.45) is 5.73 Å². The van der Waals surface area contributed by atoms with Crippen LogP contribution in [0.2, 0.25) is 0 Å². The van der Waals surface area contributed by atoms with Crippen LogP contribution in [0, 0.1) is 0 Å². The zero-order valence-electron chi connectivity index (χ0n) is 10.2. The van der Waals surface area contributed by atoms with Crippen molar-refractivity contribution in [2.45, 2.75) is 4.90 Å². The van der Waals surface area contributed by atoms with Gasteiger partial charge < -0.3 is 5.73 Å². The maximum Gasteiger partial charge on any atom is 0.263 e. The van der Waals surface area contributed by atoms with E-state index in [1.807, 2.05) is 0 Å². The van der Waals surface area contributed by atoms with Gasteiger partial charge in [0, 0.05) is 10.0 Å². The molecule has 0 saturated carbocycles. The summed E-state index contributed by atoms with van der Waals surface area (Å²) >= 11 is 8.14. The first-order valence-electron chi connectivity index (χ1n) is 5.58. The van der Waals surface area contributed by atoms with Gasteiger partial charge >= 0.3 is 0 Å². The summed E-state index contributed by atoms with van der Waals surface area (Å²) in [5, 5.41) is 0. The van der Waals surface area contributed by atoms with E-state index in [-0.39, 0.29) is 9.88 Å². The molecule has 4 nitrogen and oxygen atoms in total. The molecule has 7 heteroatoms.